The van der Waals surface area contributed by atoms with Crippen molar-refractivity contribution in [3.8, 4) is 11.3 Å². The van der Waals surface area contributed by atoms with Crippen molar-refractivity contribution in [2.45, 2.75) is 6.42 Å². The maximum absolute atomic E-state index is 5.14. The quantitative estimate of drug-likeness (QED) is 0.772. The molecule has 3 rings (SSSR count). The summed E-state index contributed by atoms with van der Waals surface area (Å²) in [5.41, 5.74) is 1.89. The molecule has 142 valence electrons. The molecule has 1 aliphatic rings. The Morgan fingerprint density at radius 1 is 1.15 bits per heavy atom. The van der Waals surface area contributed by atoms with Crippen LogP contribution in [0.3, 0.4) is 0 Å². The van der Waals surface area contributed by atoms with Gasteiger partial charge < -0.3 is 19.9 Å². The van der Waals surface area contributed by atoms with E-state index in [0.29, 0.717) is 13.2 Å². The minimum atomic E-state index is 0. The normalized spacial score (nSPS) is 15.2. The molecule has 1 saturated heterocycles. The van der Waals surface area contributed by atoms with Gasteiger partial charge >= 0.3 is 0 Å². The lowest BCUT2D eigenvalue weighted by Crippen LogP contribution is -2.30. The number of likely N-dealkylation sites (N-methyl/N-ethyl adjacent to an activating group) is 1. The van der Waals surface area contributed by atoms with Crippen LogP contribution in [0.4, 0.5) is 11.6 Å². The van der Waals surface area contributed by atoms with Crippen molar-refractivity contribution in [2.75, 3.05) is 63.7 Å². The molecule has 0 bridgehead atoms. The first-order chi connectivity index (χ1) is 12.3. The molecule has 0 amide bonds. The lowest BCUT2D eigenvalue weighted by atomic mass is 10.2. The van der Waals surface area contributed by atoms with E-state index < -0.39 is 0 Å². The molecule has 2 aromatic rings. The number of nitrogens with one attached hydrogen (secondary N) is 1. The molecule has 0 spiro atoms. The zero-order valence-corrected chi connectivity index (χ0v) is 16.2. The van der Waals surface area contributed by atoms with Crippen molar-refractivity contribution < 1.29 is 4.74 Å². The molecule has 0 saturated carbocycles. The van der Waals surface area contributed by atoms with Gasteiger partial charge in [-0.05, 0) is 32.1 Å². The summed E-state index contributed by atoms with van der Waals surface area (Å²) in [5.74, 6) is 1.74. The fourth-order valence-corrected chi connectivity index (χ4v) is 2.92. The van der Waals surface area contributed by atoms with Crippen LogP contribution in [0.1, 0.15) is 6.42 Å². The summed E-state index contributed by atoms with van der Waals surface area (Å²) in [5, 5.41) is 3.36. The summed E-state index contributed by atoms with van der Waals surface area (Å²) in [6.45, 7) is 5.41. The van der Waals surface area contributed by atoms with E-state index in [1.807, 2.05) is 18.3 Å². The molecule has 7 nitrogen and oxygen atoms in total. The molecular formula is C18H27ClN6O. The molecule has 0 aliphatic carbocycles. The average Bonchev–Trinajstić information content (AvgIpc) is 2.87. The van der Waals surface area contributed by atoms with Crippen molar-refractivity contribution in [1.82, 2.24) is 19.9 Å². The third-order valence-corrected chi connectivity index (χ3v) is 4.35. The van der Waals surface area contributed by atoms with Gasteiger partial charge in [-0.15, -0.1) is 12.4 Å². The van der Waals surface area contributed by atoms with Gasteiger partial charge in [0.1, 0.15) is 0 Å². The van der Waals surface area contributed by atoms with Crippen molar-refractivity contribution in [1.29, 1.82) is 0 Å². The Kier molecular flexibility index (Phi) is 8.03. The fourth-order valence-electron chi connectivity index (χ4n) is 2.92. The van der Waals surface area contributed by atoms with Crippen molar-refractivity contribution >= 4 is 24.0 Å². The van der Waals surface area contributed by atoms with E-state index in [2.05, 4.69) is 32.1 Å². The molecule has 26 heavy (non-hydrogen) atoms. The number of anilines is 2. The second-order valence-corrected chi connectivity index (χ2v) is 6.23. The third-order valence-electron chi connectivity index (χ3n) is 4.35. The van der Waals surface area contributed by atoms with Crippen LogP contribution in [0.2, 0.25) is 0 Å². The van der Waals surface area contributed by atoms with E-state index in [1.165, 1.54) is 0 Å². The predicted octanol–water partition coefficient (Wildman–Crippen LogP) is 2.16. The molecule has 2 aromatic heterocycles. The molecule has 0 unspecified atom stereocenters. The van der Waals surface area contributed by atoms with Crippen LogP contribution in [0, 0.1) is 0 Å². The van der Waals surface area contributed by atoms with Crippen LogP contribution in [0.5, 0.6) is 0 Å². The van der Waals surface area contributed by atoms with E-state index >= 15 is 0 Å². The number of halogens is 1. The number of methoxy groups -OCH3 is 1. The Bertz CT molecular complexity index is 672. The maximum atomic E-state index is 5.14. The second-order valence-electron chi connectivity index (χ2n) is 6.23. The highest BCUT2D eigenvalue weighted by Gasteiger charge is 2.19. The summed E-state index contributed by atoms with van der Waals surface area (Å²) in [7, 11) is 3.87. The smallest absolute Gasteiger partial charge is 0.172 e. The number of ether oxygens (including phenoxy) is 1. The topological polar surface area (TPSA) is 66.4 Å². The summed E-state index contributed by atoms with van der Waals surface area (Å²) < 4.78 is 5.14. The second kappa shape index (κ2) is 10.3. The summed E-state index contributed by atoms with van der Waals surface area (Å²) in [4.78, 5) is 18.3. The average molecular weight is 379 g/mol. The van der Waals surface area contributed by atoms with Gasteiger partial charge in [0, 0.05) is 51.2 Å². The summed E-state index contributed by atoms with van der Waals surface area (Å²) in [6.07, 6.45) is 6.50. The molecule has 1 fully saturated rings. The van der Waals surface area contributed by atoms with Crippen molar-refractivity contribution in [2.24, 2.45) is 0 Å². The number of nitrogens with zero attached hydrogens (tertiary/aromatic N) is 5. The van der Waals surface area contributed by atoms with Crippen LogP contribution >= 0.6 is 12.4 Å². The van der Waals surface area contributed by atoms with Gasteiger partial charge in [0.05, 0.1) is 18.5 Å². The highest BCUT2D eigenvalue weighted by Crippen LogP contribution is 2.26. The monoisotopic (exact) mass is 378 g/mol. The van der Waals surface area contributed by atoms with E-state index in [4.69, 9.17) is 9.72 Å². The Labute approximate surface area is 161 Å². The first kappa shape index (κ1) is 20.4. The highest BCUT2D eigenvalue weighted by atomic mass is 35.5. The first-order valence-corrected chi connectivity index (χ1v) is 8.71. The largest absolute Gasteiger partial charge is 0.383 e. The molecule has 0 aromatic carbocycles. The van der Waals surface area contributed by atoms with Crippen molar-refractivity contribution in [3.63, 3.8) is 0 Å². The Morgan fingerprint density at radius 3 is 2.73 bits per heavy atom. The number of pyridine rings is 1. The maximum Gasteiger partial charge on any atom is 0.172 e. The summed E-state index contributed by atoms with van der Waals surface area (Å²) in [6, 6.07) is 3.92. The Morgan fingerprint density at radius 2 is 1.96 bits per heavy atom. The molecule has 3 heterocycles. The number of hydrogen-bond acceptors (Lipinski definition) is 7. The Balaban J connectivity index is 0.00000243. The molecule has 0 radical (unpaired) electrons. The standard InChI is InChI=1S/C18H26N6O.ClH/c1-23-9-3-10-24(12-11-23)18-17(20-8-13-25-2)21-14-16(22-18)15-4-6-19-7-5-15;/h4-7,14H,3,8-13H2,1-2H3,(H,20,21);1H. The zero-order valence-electron chi connectivity index (χ0n) is 15.4. The van der Waals surface area contributed by atoms with Gasteiger partial charge in [0.15, 0.2) is 11.6 Å². The highest BCUT2D eigenvalue weighted by molar-refractivity contribution is 5.85. The van der Waals surface area contributed by atoms with E-state index in [9.17, 15) is 0 Å². The molecular weight excluding hydrogens is 352 g/mol. The molecule has 8 heteroatoms. The SMILES string of the molecule is COCCNc1ncc(-c2ccncc2)nc1N1CCCN(C)CC1.Cl. The van der Waals surface area contributed by atoms with Crippen LogP contribution in [-0.2, 0) is 4.74 Å². The van der Waals surface area contributed by atoms with Gasteiger partial charge in [-0.25, -0.2) is 9.97 Å². The van der Waals surface area contributed by atoms with Gasteiger partial charge in [-0.3, -0.25) is 4.98 Å². The molecule has 0 atom stereocenters. The van der Waals surface area contributed by atoms with Crippen LogP contribution in [0.25, 0.3) is 11.3 Å². The minimum Gasteiger partial charge on any atom is -0.383 e. The van der Waals surface area contributed by atoms with Crippen molar-refractivity contribution in [3.05, 3.63) is 30.7 Å². The van der Waals surface area contributed by atoms with Crippen LogP contribution in [-0.4, -0.2) is 73.3 Å². The predicted molar refractivity (Wildman–Crippen MR) is 107 cm³/mol. The van der Waals surface area contributed by atoms with Crippen LogP contribution in [0.15, 0.2) is 30.7 Å². The number of rotatable bonds is 6. The number of hydrogen-bond donors (Lipinski definition) is 1. The van der Waals surface area contributed by atoms with E-state index in [0.717, 1.165) is 55.5 Å². The third kappa shape index (κ3) is 5.27. The van der Waals surface area contributed by atoms with Crippen LogP contribution < -0.4 is 10.2 Å². The van der Waals surface area contributed by atoms with Gasteiger partial charge in [0.2, 0.25) is 0 Å². The van der Waals surface area contributed by atoms with Gasteiger partial charge in [-0.2, -0.15) is 0 Å². The fraction of sp³-hybridized carbons (Fsp3) is 0.500. The first-order valence-electron chi connectivity index (χ1n) is 8.71. The molecule has 1 aliphatic heterocycles. The lowest BCUT2D eigenvalue weighted by Gasteiger charge is -2.24. The minimum absolute atomic E-state index is 0. The van der Waals surface area contributed by atoms with E-state index in [-0.39, 0.29) is 12.4 Å². The van der Waals surface area contributed by atoms with E-state index in [1.54, 1.807) is 19.5 Å². The zero-order chi connectivity index (χ0) is 17.5. The molecule has 1 N–H and O–H groups in total. The summed E-state index contributed by atoms with van der Waals surface area (Å²) >= 11 is 0. The Hall–Kier alpha value is -1.96. The number of aromatic nitrogens is 3. The van der Waals surface area contributed by atoms with Gasteiger partial charge in [0.25, 0.3) is 0 Å². The van der Waals surface area contributed by atoms with Gasteiger partial charge in [-0.1, -0.05) is 0 Å². The lowest BCUT2D eigenvalue weighted by molar-refractivity contribution is 0.210.